The quantitative estimate of drug-likeness (QED) is 0.290. The summed E-state index contributed by atoms with van der Waals surface area (Å²) in [4.78, 5) is 43.7. The normalized spacial score (nSPS) is 11.2. The van der Waals surface area contributed by atoms with Crippen LogP contribution in [0, 0.1) is 5.92 Å². The Morgan fingerprint density at radius 3 is 2.55 bits per heavy atom. The molecule has 2 aromatic heterocycles. The number of rotatable bonds is 9. The Labute approximate surface area is 219 Å². The summed E-state index contributed by atoms with van der Waals surface area (Å²) in [5.41, 5.74) is 2.63. The van der Waals surface area contributed by atoms with Gasteiger partial charge in [0.25, 0.3) is 5.56 Å². The third kappa shape index (κ3) is 5.20. The van der Waals surface area contributed by atoms with E-state index in [9.17, 15) is 14.4 Å². The molecule has 1 amide bonds. The van der Waals surface area contributed by atoms with Crippen LogP contribution in [0.25, 0.3) is 16.6 Å². The number of aromatic nitrogens is 3. The predicted molar refractivity (Wildman–Crippen MR) is 147 cm³/mol. The highest BCUT2D eigenvalue weighted by Crippen LogP contribution is 2.27. The summed E-state index contributed by atoms with van der Waals surface area (Å²) in [5.74, 6) is 0.265. The largest absolute Gasteiger partial charge is 0.491 e. The minimum absolute atomic E-state index is 0.178. The number of hydrogen-bond donors (Lipinski definition) is 1. The number of benzene rings is 3. The molecule has 1 N–H and O–H groups in total. The number of carbonyl (C=O) groups is 2. The highest BCUT2D eigenvalue weighted by molar-refractivity contribution is 6.00. The summed E-state index contributed by atoms with van der Waals surface area (Å²) in [6.07, 6.45) is 3.38. The molecular formula is C30H28N4O4. The van der Waals surface area contributed by atoms with Gasteiger partial charge in [-0.2, -0.15) is 0 Å². The van der Waals surface area contributed by atoms with Crippen LogP contribution in [0.3, 0.4) is 0 Å². The fourth-order valence-corrected chi connectivity index (χ4v) is 4.33. The molecule has 0 spiro atoms. The van der Waals surface area contributed by atoms with Crippen molar-refractivity contribution in [3.63, 3.8) is 0 Å². The Hall–Kier alpha value is -4.72. The summed E-state index contributed by atoms with van der Waals surface area (Å²) in [6.45, 7) is 4.34. The Morgan fingerprint density at radius 1 is 1.00 bits per heavy atom. The molecule has 0 bridgehead atoms. The molecule has 192 valence electrons. The molecule has 5 aromatic rings. The lowest BCUT2D eigenvalue weighted by Crippen LogP contribution is -2.26. The van der Waals surface area contributed by atoms with Gasteiger partial charge in [-0.3, -0.25) is 23.4 Å². The number of ether oxygens (including phenoxy) is 1. The standard InChI is InChI=1S/C30H28N4O4/c1-20(2)18-38-27-13-12-22(15-24(27)32-28(36)14-21-8-4-3-5-9-21)26(35)17-33-29-16-31-19-34(29)25-11-7-6-10-23(25)30(33)37/h3-13,15-16,19-20H,14,17-18H2,1-2H3,(H,32,36). The zero-order valence-electron chi connectivity index (χ0n) is 21.3. The molecule has 8 nitrogen and oxygen atoms in total. The number of amides is 1. The topological polar surface area (TPSA) is 94.7 Å². The first kappa shape index (κ1) is 25.0. The Morgan fingerprint density at radius 2 is 1.76 bits per heavy atom. The van der Waals surface area contributed by atoms with Crippen LogP contribution < -0.4 is 15.6 Å². The number of carbonyl (C=O) groups excluding carboxylic acids is 2. The van der Waals surface area contributed by atoms with Gasteiger partial charge in [0.05, 0.1) is 42.4 Å². The molecule has 0 aliphatic rings. The van der Waals surface area contributed by atoms with Crippen molar-refractivity contribution in [2.45, 2.75) is 26.8 Å². The van der Waals surface area contributed by atoms with Gasteiger partial charge in [0.1, 0.15) is 17.7 Å². The number of fused-ring (bicyclic) bond motifs is 3. The smallest absolute Gasteiger partial charge is 0.262 e. The van der Waals surface area contributed by atoms with E-state index in [4.69, 9.17) is 4.74 Å². The third-order valence-electron chi connectivity index (χ3n) is 6.19. The Kier molecular flexibility index (Phi) is 7.04. The Bertz CT molecular complexity index is 1690. The summed E-state index contributed by atoms with van der Waals surface area (Å²) >= 11 is 0. The first-order chi connectivity index (χ1) is 18.4. The summed E-state index contributed by atoms with van der Waals surface area (Å²) in [5, 5.41) is 3.40. The van der Waals surface area contributed by atoms with Crippen LogP contribution in [0.15, 0.2) is 90.1 Å². The van der Waals surface area contributed by atoms with Crippen LogP contribution in [-0.4, -0.2) is 32.2 Å². The van der Waals surface area contributed by atoms with E-state index < -0.39 is 0 Å². The van der Waals surface area contributed by atoms with Crippen LogP contribution in [0.5, 0.6) is 5.75 Å². The second-order valence-electron chi connectivity index (χ2n) is 9.58. The van der Waals surface area contributed by atoms with E-state index in [-0.39, 0.29) is 36.1 Å². The fraction of sp³-hybridized carbons (Fsp3) is 0.200. The molecule has 5 rings (SSSR count). The van der Waals surface area contributed by atoms with E-state index >= 15 is 0 Å². The van der Waals surface area contributed by atoms with Crippen molar-refractivity contribution in [1.82, 2.24) is 14.0 Å². The van der Waals surface area contributed by atoms with Gasteiger partial charge in [0.15, 0.2) is 5.78 Å². The second kappa shape index (κ2) is 10.7. The zero-order chi connectivity index (χ0) is 26.6. The molecule has 0 radical (unpaired) electrons. The number of nitrogens with one attached hydrogen (secondary N) is 1. The highest BCUT2D eigenvalue weighted by atomic mass is 16.5. The van der Waals surface area contributed by atoms with Crippen molar-refractivity contribution in [2.75, 3.05) is 11.9 Å². The van der Waals surface area contributed by atoms with Gasteiger partial charge < -0.3 is 10.1 Å². The number of ketones is 1. The van der Waals surface area contributed by atoms with E-state index in [0.29, 0.717) is 34.6 Å². The fourth-order valence-electron chi connectivity index (χ4n) is 4.33. The second-order valence-corrected chi connectivity index (χ2v) is 9.58. The van der Waals surface area contributed by atoms with E-state index in [1.165, 1.54) is 4.57 Å². The first-order valence-electron chi connectivity index (χ1n) is 12.5. The molecule has 0 unspecified atom stereocenters. The van der Waals surface area contributed by atoms with Crippen LogP contribution >= 0.6 is 0 Å². The number of anilines is 1. The van der Waals surface area contributed by atoms with Gasteiger partial charge in [-0.1, -0.05) is 56.3 Å². The van der Waals surface area contributed by atoms with Crippen molar-refractivity contribution in [2.24, 2.45) is 5.92 Å². The van der Waals surface area contributed by atoms with E-state index in [2.05, 4.69) is 10.3 Å². The lowest BCUT2D eigenvalue weighted by molar-refractivity contribution is -0.115. The first-order valence-corrected chi connectivity index (χ1v) is 12.5. The number of imidazole rings is 1. The van der Waals surface area contributed by atoms with E-state index in [0.717, 1.165) is 11.1 Å². The van der Waals surface area contributed by atoms with Gasteiger partial charge >= 0.3 is 0 Å². The molecule has 2 heterocycles. The predicted octanol–water partition coefficient (Wildman–Crippen LogP) is 4.75. The molecule has 0 saturated heterocycles. The molecule has 0 aliphatic carbocycles. The van der Waals surface area contributed by atoms with Gasteiger partial charge in [-0.25, -0.2) is 4.98 Å². The molecule has 3 aromatic carbocycles. The number of nitrogens with zero attached hydrogens (tertiary/aromatic N) is 3. The highest BCUT2D eigenvalue weighted by Gasteiger charge is 2.17. The van der Waals surface area contributed by atoms with E-state index in [1.807, 2.05) is 56.3 Å². The maximum atomic E-state index is 13.4. The van der Waals surface area contributed by atoms with Crippen molar-refractivity contribution >= 4 is 33.9 Å². The molecule has 0 fully saturated rings. The molecule has 8 heteroatoms. The molecule has 0 atom stereocenters. The summed E-state index contributed by atoms with van der Waals surface area (Å²) in [6, 6.07) is 21.6. The van der Waals surface area contributed by atoms with Crippen LogP contribution in [-0.2, 0) is 17.8 Å². The van der Waals surface area contributed by atoms with Crippen LogP contribution in [0.4, 0.5) is 5.69 Å². The third-order valence-corrected chi connectivity index (χ3v) is 6.19. The van der Waals surface area contributed by atoms with Crippen LogP contribution in [0.1, 0.15) is 29.8 Å². The molecule has 38 heavy (non-hydrogen) atoms. The average molecular weight is 509 g/mol. The number of para-hydroxylation sites is 1. The van der Waals surface area contributed by atoms with Crippen molar-refractivity contribution in [3.05, 3.63) is 107 Å². The lowest BCUT2D eigenvalue weighted by Gasteiger charge is -2.16. The maximum Gasteiger partial charge on any atom is 0.262 e. The Balaban J connectivity index is 1.45. The van der Waals surface area contributed by atoms with Gasteiger partial charge in [0.2, 0.25) is 5.91 Å². The maximum absolute atomic E-state index is 13.4. The summed E-state index contributed by atoms with van der Waals surface area (Å²) in [7, 11) is 0. The SMILES string of the molecule is CC(C)COc1ccc(C(=O)Cn2c(=O)c3ccccc3n3cncc23)cc1NC(=O)Cc1ccccc1. The molecular weight excluding hydrogens is 480 g/mol. The van der Waals surface area contributed by atoms with E-state index in [1.54, 1.807) is 47.3 Å². The number of Topliss-reactive ketones (excluding diaryl/α,β-unsaturated/α-hetero) is 1. The van der Waals surface area contributed by atoms with Crippen LogP contribution in [0.2, 0.25) is 0 Å². The molecule has 0 saturated carbocycles. The van der Waals surface area contributed by atoms with Gasteiger partial charge in [-0.05, 0) is 41.8 Å². The van der Waals surface area contributed by atoms with Crippen molar-refractivity contribution in [1.29, 1.82) is 0 Å². The van der Waals surface area contributed by atoms with Gasteiger partial charge in [0, 0.05) is 5.56 Å². The zero-order valence-corrected chi connectivity index (χ0v) is 21.3. The average Bonchev–Trinajstić information content (AvgIpc) is 3.41. The van der Waals surface area contributed by atoms with Gasteiger partial charge in [-0.15, -0.1) is 0 Å². The molecule has 0 aliphatic heterocycles. The van der Waals surface area contributed by atoms with Crippen molar-refractivity contribution < 1.29 is 14.3 Å². The minimum atomic E-state index is -0.278. The summed E-state index contributed by atoms with van der Waals surface area (Å²) < 4.78 is 9.14. The minimum Gasteiger partial charge on any atom is -0.491 e. The lowest BCUT2D eigenvalue weighted by atomic mass is 10.1. The monoisotopic (exact) mass is 508 g/mol. The number of hydrogen-bond acceptors (Lipinski definition) is 5. The van der Waals surface area contributed by atoms with Crippen molar-refractivity contribution in [3.8, 4) is 5.75 Å².